The lowest BCUT2D eigenvalue weighted by Gasteiger charge is -2.06. The van der Waals surface area contributed by atoms with E-state index < -0.39 is 0 Å². The molecule has 0 unspecified atom stereocenters. The van der Waals surface area contributed by atoms with Crippen molar-refractivity contribution in [3.05, 3.63) is 83.2 Å². The number of carbonyl (C=O) groups excluding carboxylic acids is 1. The van der Waals surface area contributed by atoms with Crippen molar-refractivity contribution < 1.29 is 14.3 Å². The lowest BCUT2D eigenvalue weighted by Crippen LogP contribution is -2.18. The number of fused-ring (bicyclic) bond motifs is 1. The number of hydrogen-bond donors (Lipinski definition) is 0. The van der Waals surface area contributed by atoms with Crippen LogP contribution in [0.3, 0.4) is 0 Å². The number of carbonyl (C=O) groups is 1. The van der Waals surface area contributed by atoms with Gasteiger partial charge in [-0.1, -0.05) is 29.5 Å². The summed E-state index contributed by atoms with van der Waals surface area (Å²) in [5, 5.41) is 0. The Morgan fingerprint density at radius 3 is 2.44 bits per heavy atom. The highest BCUT2D eigenvalue weighted by Gasteiger charge is 2.11. The van der Waals surface area contributed by atoms with Crippen LogP contribution in [0.5, 0.6) is 17.2 Å². The zero-order chi connectivity index (χ0) is 22.3. The Balaban J connectivity index is 1.62. The molecule has 3 aromatic carbocycles. The van der Waals surface area contributed by atoms with E-state index in [2.05, 4.69) is 15.8 Å². The molecule has 0 saturated carbocycles. The van der Waals surface area contributed by atoms with Gasteiger partial charge in [0.15, 0.2) is 4.80 Å². The van der Waals surface area contributed by atoms with Crippen molar-refractivity contribution in [3.8, 4) is 17.2 Å². The fourth-order valence-corrected chi connectivity index (χ4v) is 4.68. The van der Waals surface area contributed by atoms with Gasteiger partial charge in [0.1, 0.15) is 17.2 Å². The first-order valence-corrected chi connectivity index (χ1v) is 12.6. The predicted molar refractivity (Wildman–Crippen MR) is 132 cm³/mol. The van der Waals surface area contributed by atoms with Crippen LogP contribution in [0.15, 0.2) is 77.8 Å². The largest absolute Gasteiger partial charge is 0.494 e. The molecule has 0 aliphatic carbocycles. The number of rotatable bonds is 8. The van der Waals surface area contributed by atoms with E-state index in [0.29, 0.717) is 22.7 Å². The van der Waals surface area contributed by atoms with Crippen molar-refractivity contribution in [2.24, 2.45) is 4.99 Å². The third-order valence-corrected chi connectivity index (χ3v) is 6.39. The topological polar surface area (TPSA) is 52.8 Å². The number of aryl methyl sites for hydroxylation is 1. The van der Waals surface area contributed by atoms with Crippen molar-refractivity contribution in [2.75, 3.05) is 18.6 Å². The first-order chi connectivity index (χ1) is 15.7. The molecule has 0 N–H and O–H groups in total. The molecule has 0 saturated heterocycles. The number of amides is 1. The van der Waals surface area contributed by atoms with E-state index in [0.717, 1.165) is 34.0 Å². The Bertz CT molecular complexity index is 1260. The monoisotopic (exact) mass is 464 g/mol. The van der Waals surface area contributed by atoms with Gasteiger partial charge in [0.2, 0.25) is 0 Å². The molecule has 0 spiro atoms. The summed E-state index contributed by atoms with van der Waals surface area (Å²) in [7, 11) is 0. The molecule has 4 rings (SSSR count). The van der Waals surface area contributed by atoms with Crippen LogP contribution >= 0.6 is 23.1 Å². The molecule has 0 atom stereocenters. The molecule has 32 heavy (non-hydrogen) atoms. The smallest absolute Gasteiger partial charge is 0.279 e. The Morgan fingerprint density at radius 2 is 1.72 bits per heavy atom. The number of aromatic nitrogens is 1. The predicted octanol–water partition coefficient (Wildman–Crippen LogP) is 6.00. The average molecular weight is 465 g/mol. The first kappa shape index (κ1) is 22.2. The highest BCUT2D eigenvalue weighted by Crippen LogP contribution is 2.24. The Labute approximate surface area is 195 Å². The summed E-state index contributed by atoms with van der Waals surface area (Å²) in [5.74, 6) is 2.91. The maximum Gasteiger partial charge on any atom is 0.279 e. The van der Waals surface area contributed by atoms with Gasteiger partial charge < -0.3 is 14.0 Å². The van der Waals surface area contributed by atoms with Crippen LogP contribution in [-0.4, -0.2) is 29.1 Å². The fraction of sp³-hybridized carbons (Fsp3) is 0.200. The second-order valence-corrected chi connectivity index (χ2v) is 8.94. The minimum atomic E-state index is -0.272. The van der Waals surface area contributed by atoms with E-state index in [1.807, 2.05) is 55.5 Å². The number of benzene rings is 3. The zero-order valence-electron chi connectivity index (χ0n) is 18.0. The Kier molecular flexibility index (Phi) is 7.29. The summed E-state index contributed by atoms with van der Waals surface area (Å²) in [6, 6.07) is 22.6. The molecule has 1 aromatic heterocycles. The van der Waals surface area contributed by atoms with Gasteiger partial charge in [0.05, 0.1) is 16.8 Å². The van der Waals surface area contributed by atoms with E-state index in [4.69, 9.17) is 9.47 Å². The minimum Gasteiger partial charge on any atom is -0.494 e. The van der Waals surface area contributed by atoms with Crippen LogP contribution in [0, 0.1) is 0 Å². The number of thioether (sulfide) groups is 1. The van der Waals surface area contributed by atoms with Crippen LogP contribution in [0.25, 0.3) is 10.2 Å². The summed E-state index contributed by atoms with van der Waals surface area (Å²) >= 11 is 3.27. The lowest BCUT2D eigenvalue weighted by molar-refractivity contribution is 0.0998. The van der Waals surface area contributed by atoms with Crippen LogP contribution in [0.2, 0.25) is 0 Å². The Morgan fingerprint density at radius 1 is 1.00 bits per heavy atom. The van der Waals surface area contributed by atoms with Gasteiger partial charge >= 0.3 is 0 Å². The van der Waals surface area contributed by atoms with Crippen molar-refractivity contribution in [3.63, 3.8) is 0 Å². The molecule has 0 aliphatic rings. The normalized spacial score (nSPS) is 11.6. The molecule has 0 bridgehead atoms. The van der Waals surface area contributed by atoms with Crippen LogP contribution in [-0.2, 0) is 6.54 Å². The van der Waals surface area contributed by atoms with Gasteiger partial charge in [0, 0.05) is 17.9 Å². The standard InChI is InChI=1S/C25H24N2O3S2/c1-3-29-21-13-14-22-23(17-21)32-25(27(22)15-16-31-2)26-24(28)18-9-11-20(12-10-18)30-19-7-5-4-6-8-19/h4-14,17H,3,15-16H2,1-2H3. The lowest BCUT2D eigenvalue weighted by atomic mass is 10.2. The summed E-state index contributed by atoms with van der Waals surface area (Å²) in [6.45, 7) is 3.36. The molecule has 0 aliphatic heterocycles. The summed E-state index contributed by atoms with van der Waals surface area (Å²) < 4.78 is 14.6. The number of hydrogen-bond acceptors (Lipinski definition) is 5. The molecule has 0 radical (unpaired) electrons. The van der Waals surface area contributed by atoms with Crippen LogP contribution in [0.1, 0.15) is 17.3 Å². The number of thiazole rings is 1. The maximum absolute atomic E-state index is 12.9. The maximum atomic E-state index is 12.9. The van der Waals surface area contributed by atoms with Gasteiger partial charge in [-0.2, -0.15) is 16.8 Å². The second kappa shape index (κ2) is 10.5. The second-order valence-electron chi connectivity index (χ2n) is 6.95. The van der Waals surface area contributed by atoms with Gasteiger partial charge in [0.25, 0.3) is 5.91 Å². The molecule has 164 valence electrons. The molecule has 7 heteroatoms. The highest BCUT2D eigenvalue weighted by molar-refractivity contribution is 7.98. The molecular formula is C25H24N2O3S2. The molecule has 1 amide bonds. The summed E-state index contributed by atoms with van der Waals surface area (Å²) in [6.07, 6.45) is 2.07. The third kappa shape index (κ3) is 5.23. The third-order valence-electron chi connectivity index (χ3n) is 4.76. The van der Waals surface area contributed by atoms with E-state index in [1.54, 1.807) is 36.0 Å². The first-order valence-electron chi connectivity index (χ1n) is 10.3. The molecule has 4 aromatic rings. The molecule has 0 fully saturated rings. The van der Waals surface area contributed by atoms with Crippen molar-refractivity contribution in [2.45, 2.75) is 13.5 Å². The van der Waals surface area contributed by atoms with Crippen molar-refractivity contribution >= 4 is 39.2 Å². The van der Waals surface area contributed by atoms with Gasteiger partial charge in [-0.05, 0) is 67.8 Å². The summed E-state index contributed by atoms with van der Waals surface area (Å²) in [5.41, 5.74) is 1.58. The quantitative estimate of drug-likeness (QED) is 0.321. The number of ether oxygens (including phenoxy) is 2. The SMILES string of the molecule is CCOc1ccc2c(c1)sc(=NC(=O)c1ccc(Oc3ccccc3)cc1)n2CCSC. The molecule has 5 nitrogen and oxygen atoms in total. The van der Waals surface area contributed by atoms with Crippen molar-refractivity contribution in [1.29, 1.82) is 0 Å². The molecular weight excluding hydrogens is 440 g/mol. The van der Waals surface area contributed by atoms with Gasteiger partial charge in [-0.25, -0.2) is 0 Å². The fourth-order valence-electron chi connectivity index (χ4n) is 3.24. The zero-order valence-corrected chi connectivity index (χ0v) is 19.6. The number of nitrogens with zero attached hydrogens (tertiary/aromatic N) is 2. The average Bonchev–Trinajstić information content (AvgIpc) is 3.15. The van der Waals surface area contributed by atoms with E-state index in [1.165, 1.54) is 11.3 Å². The van der Waals surface area contributed by atoms with Crippen LogP contribution < -0.4 is 14.3 Å². The highest BCUT2D eigenvalue weighted by atomic mass is 32.2. The minimum absolute atomic E-state index is 0.272. The van der Waals surface area contributed by atoms with Gasteiger partial charge in [-0.3, -0.25) is 4.79 Å². The molecule has 1 heterocycles. The summed E-state index contributed by atoms with van der Waals surface area (Å²) in [4.78, 5) is 18.1. The van der Waals surface area contributed by atoms with E-state index in [9.17, 15) is 4.79 Å². The number of para-hydroxylation sites is 1. The Hall–Kier alpha value is -3.03. The van der Waals surface area contributed by atoms with Crippen molar-refractivity contribution in [1.82, 2.24) is 4.57 Å². The van der Waals surface area contributed by atoms with Crippen LogP contribution in [0.4, 0.5) is 0 Å². The van der Waals surface area contributed by atoms with E-state index >= 15 is 0 Å². The van der Waals surface area contributed by atoms with E-state index in [-0.39, 0.29) is 5.91 Å². The van der Waals surface area contributed by atoms with Gasteiger partial charge in [-0.15, -0.1) is 0 Å².